The Kier molecular flexibility index (Phi) is 3.84. The Balaban J connectivity index is 2.18. The second-order valence-electron chi connectivity index (χ2n) is 4.76. The molecular formula is C16H16BrN3O. The summed E-state index contributed by atoms with van der Waals surface area (Å²) >= 11 is 3.49. The third-order valence-electron chi connectivity index (χ3n) is 3.20. The van der Waals surface area contributed by atoms with Crippen molar-refractivity contribution in [2.24, 2.45) is 0 Å². The molecule has 0 aliphatic carbocycles. The average Bonchev–Trinajstić information content (AvgIpc) is 2.81. The molecule has 21 heavy (non-hydrogen) atoms. The quantitative estimate of drug-likeness (QED) is 0.772. The predicted octanol–water partition coefficient (Wildman–Crippen LogP) is 4.16. The lowest BCUT2D eigenvalue weighted by Gasteiger charge is -2.08. The zero-order valence-corrected chi connectivity index (χ0v) is 13.3. The number of imidazole rings is 1. The van der Waals surface area contributed by atoms with Crippen LogP contribution in [0.15, 0.2) is 46.9 Å². The van der Waals surface area contributed by atoms with Crippen molar-refractivity contribution in [3.63, 3.8) is 0 Å². The Labute approximate surface area is 131 Å². The van der Waals surface area contributed by atoms with Gasteiger partial charge in [-0.3, -0.25) is 4.57 Å². The molecule has 0 unspecified atom stereocenters. The van der Waals surface area contributed by atoms with E-state index in [2.05, 4.69) is 27.8 Å². The molecule has 0 bridgehead atoms. The molecule has 3 rings (SSSR count). The molecule has 0 atom stereocenters. The lowest BCUT2D eigenvalue weighted by Crippen LogP contribution is -2.00. The lowest BCUT2D eigenvalue weighted by atomic mass is 10.2. The topological polar surface area (TPSA) is 53.1 Å². The molecule has 0 spiro atoms. The summed E-state index contributed by atoms with van der Waals surface area (Å²) in [4.78, 5) is 4.47. The highest BCUT2D eigenvalue weighted by Crippen LogP contribution is 2.30. The number of nitrogens with two attached hydrogens (primary N) is 1. The molecule has 0 radical (unpaired) electrons. The summed E-state index contributed by atoms with van der Waals surface area (Å²) < 4.78 is 8.68. The van der Waals surface area contributed by atoms with Gasteiger partial charge in [-0.05, 0) is 36.8 Å². The van der Waals surface area contributed by atoms with Gasteiger partial charge in [0.2, 0.25) is 5.95 Å². The van der Waals surface area contributed by atoms with Crippen LogP contribution in [0.4, 0.5) is 5.95 Å². The van der Waals surface area contributed by atoms with Crippen LogP contribution in [-0.4, -0.2) is 16.2 Å². The molecule has 0 saturated carbocycles. The highest BCUT2D eigenvalue weighted by atomic mass is 79.9. The van der Waals surface area contributed by atoms with Gasteiger partial charge in [0, 0.05) is 4.47 Å². The van der Waals surface area contributed by atoms with E-state index < -0.39 is 0 Å². The summed E-state index contributed by atoms with van der Waals surface area (Å²) in [6, 6.07) is 13.9. The zero-order valence-electron chi connectivity index (χ0n) is 11.7. The van der Waals surface area contributed by atoms with Gasteiger partial charge in [-0.25, -0.2) is 4.98 Å². The number of anilines is 1. The molecule has 3 aromatic rings. The maximum absolute atomic E-state index is 6.11. The van der Waals surface area contributed by atoms with Crippen LogP contribution in [0.2, 0.25) is 0 Å². The van der Waals surface area contributed by atoms with E-state index in [0.717, 1.165) is 33.4 Å². The van der Waals surface area contributed by atoms with Gasteiger partial charge in [0.15, 0.2) is 0 Å². The van der Waals surface area contributed by atoms with Gasteiger partial charge in [0.05, 0.1) is 17.8 Å². The summed E-state index contributed by atoms with van der Waals surface area (Å²) in [5.74, 6) is 1.23. The molecule has 108 valence electrons. The smallest absolute Gasteiger partial charge is 0.206 e. The van der Waals surface area contributed by atoms with Crippen molar-refractivity contribution in [2.45, 2.75) is 13.3 Å². The highest BCUT2D eigenvalue weighted by molar-refractivity contribution is 9.10. The molecule has 1 aromatic heterocycles. The Morgan fingerprint density at radius 1 is 1.24 bits per heavy atom. The molecule has 2 N–H and O–H groups in total. The maximum Gasteiger partial charge on any atom is 0.206 e. The molecular weight excluding hydrogens is 330 g/mol. The van der Waals surface area contributed by atoms with Gasteiger partial charge in [0.1, 0.15) is 11.3 Å². The summed E-state index contributed by atoms with van der Waals surface area (Å²) in [6.07, 6.45) is 0.957. The van der Waals surface area contributed by atoms with Crippen LogP contribution in [0.25, 0.3) is 16.7 Å². The fourth-order valence-corrected chi connectivity index (χ4v) is 2.69. The SMILES string of the molecule is CCCOc1cccc2c1nc(N)n2-c1cccc(Br)c1. The molecule has 0 saturated heterocycles. The van der Waals surface area contributed by atoms with Crippen molar-refractivity contribution in [3.8, 4) is 11.4 Å². The number of hydrogen-bond donors (Lipinski definition) is 1. The highest BCUT2D eigenvalue weighted by Gasteiger charge is 2.13. The third-order valence-corrected chi connectivity index (χ3v) is 3.70. The van der Waals surface area contributed by atoms with Gasteiger partial charge in [-0.2, -0.15) is 0 Å². The summed E-state index contributed by atoms with van der Waals surface area (Å²) in [6.45, 7) is 2.75. The molecule has 5 heteroatoms. The van der Waals surface area contributed by atoms with Crippen molar-refractivity contribution in [2.75, 3.05) is 12.3 Å². The number of ether oxygens (including phenoxy) is 1. The van der Waals surface area contributed by atoms with E-state index in [1.165, 1.54) is 0 Å². The standard InChI is InChI=1S/C16H16BrN3O/c1-2-9-21-14-8-4-7-13-15(14)19-16(18)20(13)12-6-3-5-11(17)10-12/h3-8,10H,2,9H2,1H3,(H2,18,19). The van der Waals surface area contributed by atoms with E-state index in [9.17, 15) is 0 Å². The number of nitrogen functional groups attached to an aromatic ring is 1. The van der Waals surface area contributed by atoms with Crippen molar-refractivity contribution in [3.05, 3.63) is 46.9 Å². The average molecular weight is 346 g/mol. The third kappa shape index (κ3) is 2.61. The number of aromatic nitrogens is 2. The monoisotopic (exact) mass is 345 g/mol. The second kappa shape index (κ2) is 5.77. The van der Waals surface area contributed by atoms with Gasteiger partial charge in [0.25, 0.3) is 0 Å². The number of nitrogens with zero attached hydrogens (tertiary/aromatic N) is 2. The number of fused-ring (bicyclic) bond motifs is 1. The summed E-state index contributed by atoms with van der Waals surface area (Å²) in [5.41, 5.74) is 8.82. The number of halogens is 1. The number of benzene rings is 2. The van der Waals surface area contributed by atoms with Crippen LogP contribution in [0, 0.1) is 0 Å². The number of hydrogen-bond acceptors (Lipinski definition) is 3. The molecule has 0 aliphatic heterocycles. The van der Waals surface area contributed by atoms with Crippen LogP contribution < -0.4 is 10.5 Å². The van der Waals surface area contributed by atoms with Crippen LogP contribution in [0.1, 0.15) is 13.3 Å². The Hall–Kier alpha value is -2.01. The van der Waals surface area contributed by atoms with Gasteiger partial charge >= 0.3 is 0 Å². The van der Waals surface area contributed by atoms with Crippen LogP contribution >= 0.6 is 15.9 Å². The normalized spacial score (nSPS) is 11.0. The van der Waals surface area contributed by atoms with E-state index in [4.69, 9.17) is 10.5 Å². The van der Waals surface area contributed by atoms with E-state index in [0.29, 0.717) is 12.6 Å². The minimum absolute atomic E-state index is 0.454. The molecule has 0 amide bonds. The van der Waals surface area contributed by atoms with E-state index in [1.807, 2.05) is 47.0 Å². The van der Waals surface area contributed by atoms with Crippen LogP contribution in [-0.2, 0) is 0 Å². The van der Waals surface area contributed by atoms with Crippen molar-refractivity contribution in [1.29, 1.82) is 0 Å². The fourth-order valence-electron chi connectivity index (χ4n) is 2.31. The van der Waals surface area contributed by atoms with E-state index in [-0.39, 0.29) is 0 Å². The molecule has 2 aromatic carbocycles. The molecule has 0 fully saturated rings. The maximum atomic E-state index is 6.11. The summed E-state index contributed by atoms with van der Waals surface area (Å²) in [7, 11) is 0. The zero-order chi connectivity index (χ0) is 14.8. The Morgan fingerprint density at radius 3 is 2.81 bits per heavy atom. The summed E-state index contributed by atoms with van der Waals surface area (Å²) in [5, 5.41) is 0. The molecule has 1 heterocycles. The van der Waals surface area contributed by atoms with Gasteiger partial charge < -0.3 is 10.5 Å². The fraction of sp³-hybridized carbons (Fsp3) is 0.188. The Bertz CT molecular complexity index is 782. The van der Waals surface area contributed by atoms with Crippen LogP contribution in [0.3, 0.4) is 0 Å². The second-order valence-corrected chi connectivity index (χ2v) is 5.67. The first-order chi connectivity index (χ1) is 10.2. The first-order valence-electron chi connectivity index (χ1n) is 6.86. The van der Waals surface area contributed by atoms with E-state index in [1.54, 1.807) is 0 Å². The van der Waals surface area contributed by atoms with Crippen molar-refractivity contribution >= 4 is 32.9 Å². The lowest BCUT2D eigenvalue weighted by molar-refractivity contribution is 0.320. The largest absolute Gasteiger partial charge is 0.491 e. The number of para-hydroxylation sites is 1. The molecule has 4 nitrogen and oxygen atoms in total. The first kappa shape index (κ1) is 13.9. The van der Waals surface area contributed by atoms with Gasteiger partial charge in [-0.15, -0.1) is 0 Å². The van der Waals surface area contributed by atoms with Crippen molar-refractivity contribution in [1.82, 2.24) is 9.55 Å². The van der Waals surface area contributed by atoms with Crippen LogP contribution in [0.5, 0.6) is 5.75 Å². The Morgan fingerprint density at radius 2 is 2.05 bits per heavy atom. The first-order valence-corrected chi connectivity index (χ1v) is 7.65. The van der Waals surface area contributed by atoms with E-state index >= 15 is 0 Å². The minimum Gasteiger partial charge on any atom is -0.491 e. The van der Waals surface area contributed by atoms with Gasteiger partial charge in [-0.1, -0.05) is 35.0 Å². The number of rotatable bonds is 4. The van der Waals surface area contributed by atoms with Crippen molar-refractivity contribution < 1.29 is 4.74 Å². The minimum atomic E-state index is 0.454. The predicted molar refractivity (Wildman–Crippen MR) is 89.0 cm³/mol. The molecule has 0 aliphatic rings.